The number of ether oxygens (including phenoxy) is 3. The minimum Gasteiger partial charge on any atom is -0.477 e. The molecular formula is C34H50N4O7. The molecule has 0 radical (unpaired) electrons. The number of Topliss-reactive ketones (excluding diaryl/α,β-unsaturated/α-hetero) is 1. The summed E-state index contributed by atoms with van der Waals surface area (Å²) in [7, 11) is 0. The number of nitrogens with one attached hydrogen (secondary N) is 1. The van der Waals surface area contributed by atoms with E-state index in [-0.39, 0.29) is 18.2 Å². The quantitative estimate of drug-likeness (QED) is 0.296. The number of benzene rings is 1. The summed E-state index contributed by atoms with van der Waals surface area (Å²) in [5, 5.41) is 15.3. The van der Waals surface area contributed by atoms with E-state index in [0.29, 0.717) is 75.7 Å². The molecule has 1 saturated heterocycles. The summed E-state index contributed by atoms with van der Waals surface area (Å²) >= 11 is 0. The van der Waals surface area contributed by atoms with Crippen molar-refractivity contribution in [2.24, 2.45) is 11.7 Å². The van der Waals surface area contributed by atoms with Crippen LogP contribution in [0.15, 0.2) is 12.1 Å². The number of carbonyl (C=O) groups excluding carboxylic acids is 3. The Kier molecular flexibility index (Phi) is 8.82. The van der Waals surface area contributed by atoms with Crippen molar-refractivity contribution >= 4 is 18.0 Å². The molecule has 5 aliphatic rings. The maximum absolute atomic E-state index is 13.6. The van der Waals surface area contributed by atoms with Gasteiger partial charge in [0, 0.05) is 44.2 Å². The Balaban J connectivity index is 1.18. The maximum atomic E-state index is 13.6. The molecule has 6 rings (SSSR count). The molecular weight excluding hydrogens is 576 g/mol. The summed E-state index contributed by atoms with van der Waals surface area (Å²) in [5.74, 6) is 1.46. The van der Waals surface area contributed by atoms with Gasteiger partial charge in [0.1, 0.15) is 5.60 Å². The van der Waals surface area contributed by atoms with Gasteiger partial charge in [-0.2, -0.15) is 0 Å². The smallest absolute Gasteiger partial charge is 0.415 e. The molecule has 2 aliphatic heterocycles. The number of hydrogen-bond acceptors (Lipinski definition) is 9. The first-order valence-electron chi connectivity index (χ1n) is 16.9. The van der Waals surface area contributed by atoms with Crippen LogP contribution in [0, 0.1) is 5.92 Å². The van der Waals surface area contributed by atoms with E-state index in [9.17, 15) is 19.5 Å². The van der Waals surface area contributed by atoms with E-state index in [0.717, 1.165) is 37.1 Å². The van der Waals surface area contributed by atoms with Gasteiger partial charge in [-0.25, -0.2) is 9.59 Å². The highest BCUT2D eigenvalue weighted by Gasteiger charge is 2.73. The van der Waals surface area contributed by atoms with E-state index in [1.165, 1.54) is 12.8 Å². The average molecular weight is 627 g/mol. The summed E-state index contributed by atoms with van der Waals surface area (Å²) in [6.07, 6.45) is 5.66. The maximum Gasteiger partial charge on any atom is 0.415 e. The van der Waals surface area contributed by atoms with Crippen molar-refractivity contribution in [1.29, 1.82) is 0 Å². The summed E-state index contributed by atoms with van der Waals surface area (Å²) < 4.78 is 17.8. The number of nitrogens with zero attached hydrogens (tertiary/aromatic N) is 2. The summed E-state index contributed by atoms with van der Waals surface area (Å²) in [5.41, 5.74) is 5.22. The fourth-order valence-electron chi connectivity index (χ4n) is 8.17. The van der Waals surface area contributed by atoms with Crippen molar-refractivity contribution in [3.8, 4) is 11.5 Å². The van der Waals surface area contributed by atoms with Gasteiger partial charge in [-0.05, 0) is 109 Å². The molecule has 1 aromatic carbocycles. The molecule has 0 aromatic heterocycles. The van der Waals surface area contributed by atoms with Crippen molar-refractivity contribution in [3.05, 3.63) is 23.3 Å². The van der Waals surface area contributed by atoms with Crippen LogP contribution in [0.25, 0.3) is 0 Å². The molecule has 2 saturated carbocycles. The normalized spacial score (nSPS) is 28.2. The number of hydrogen-bond donors (Lipinski definition) is 3. The standard InChI is InChI=1S/C34H50N4O7/c1-32(2,3)45-30(40)36-16-5-7-18-37(17-6-4-15-35)31(41)43-25-11-10-23-20-26-34(42)13-12-24(39)29-33(34,27(23)28(25)44-29)14-19-38(26)21-22-8-9-22/h10-11,22,26,29,42H,4-9,12-21,35H2,1-3H3,(H,36,40)/t26-,29+,33+,34-/m1/s1. The first-order chi connectivity index (χ1) is 21.5. The van der Waals surface area contributed by atoms with Gasteiger partial charge >= 0.3 is 12.2 Å². The zero-order valence-corrected chi connectivity index (χ0v) is 27.1. The summed E-state index contributed by atoms with van der Waals surface area (Å²) in [6, 6.07) is 3.74. The van der Waals surface area contributed by atoms with Gasteiger partial charge in [0.05, 0.1) is 11.0 Å². The summed E-state index contributed by atoms with van der Waals surface area (Å²) in [6.45, 7) is 9.17. The molecule has 11 heteroatoms. The molecule has 45 heavy (non-hydrogen) atoms. The van der Waals surface area contributed by atoms with Crippen LogP contribution in [0.1, 0.15) is 89.7 Å². The summed E-state index contributed by atoms with van der Waals surface area (Å²) in [4.78, 5) is 43.1. The Morgan fingerprint density at radius 2 is 1.91 bits per heavy atom. The Bertz CT molecular complexity index is 1310. The Labute approximate surface area is 266 Å². The third kappa shape index (κ3) is 6.03. The van der Waals surface area contributed by atoms with Crippen LogP contribution in [0.3, 0.4) is 0 Å². The molecule has 2 bridgehead atoms. The predicted octanol–water partition coefficient (Wildman–Crippen LogP) is 3.66. The van der Waals surface area contributed by atoms with Crippen molar-refractivity contribution in [3.63, 3.8) is 0 Å². The molecule has 2 amide bonds. The van der Waals surface area contributed by atoms with E-state index in [2.05, 4.69) is 10.2 Å². The van der Waals surface area contributed by atoms with Gasteiger partial charge in [-0.1, -0.05) is 6.07 Å². The Hall–Kier alpha value is -2.89. The fourth-order valence-corrected chi connectivity index (χ4v) is 8.17. The van der Waals surface area contributed by atoms with Crippen LogP contribution in [0.2, 0.25) is 0 Å². The molecule has 3 aliphatic carbocycles. The molecule has 0 unspecified atom stereocenters. The van der Waals surface area contributed by atoms with Gasteiger partial charge in [0.15, 0.2) is 23.4 Å². The number of piperidine rings is 1. The second-order valence-corrected chi connectivity index (χ2v) is 14.7. The van der Waals surface area contributed by atoms with Crippen LogP contribution in [-0.2, 0) is 21.4 Å². The second-order valence-electron chi connectivity index (χ2n) is 14.7. The van der Waals surface area contributed by atoms with Crippen molar-refractivity contribution in [2.45, 2.75) is 114 Å². The van der Waals surface area contributed by atoms with Gasteiger partial charge in [-0.3, -0.25) is 9.69 Å². The first kappa shape index (κ1) is 32.1. The van der Waals surface area contributed by atoms with Crippen molar-refractivity contribution in [2.75, 3.05) is 39.3 Å². The number of amides is 2. The third-order valence-electron chi connectivity index (χ3n) is 10.4. The Morgan fingerprint density at radius 3 is 2.62 bits per heavy atom. The monoisotopic (exact) mass is 626 g/mol. The minimum absolute atomic E-state index is 0.0128. The first-order valence-corrected chi connectivity index (χ1v) is 16.9. The molecule has 4 atom stereocenters. The topological polar surface area (TPSA) is 144 Å². The highest BCUT2D eigenvalue weighted by molar-refractivity contribution is 5.90. The fraction of sp³-hybridized carbons (Fsp3) is 0.735. The van der Waals surface area contributed by atoms with Crippen LogP contribution >= 0.6 is 0 Å². The number of ketones is 1. The van der Waals surface area contributed by atoms with Crippen LogP contribution in [0.4, 0.5) is 9.59 Å². The highest BCUT2D eigenvalue weighted by Crippen LogP contribution is 2.65. The average Bonchev–Trinajstić information content (AvgIpc) is 3.72. The zero-order chi connectivity index (χ0) is 32.0. The number of likely N-dealkylation sites (tertiary alicyclic amines) is 1. The van der Waals surface area contributed by atoms with Gasteiger partial charge < -0.3 is 35.3 Å². The SMILES string of the molecule is CC(C)(C)OC(=O)NCCCCN(CCCCN)C(=O)Oc1ccc2c3c1O[C@H]1C(=O)CC[C@@]4(O)[C@@H](C2)N(CC2CC2)CC[C@]314. The van der Waals surface area contributed by atoms with E-state index >= 15 is 0 Å². The number of unbranched alkanes of at least 4 members (excludes halogenated alkanes) is 2. The predicted molar refractivity (Wildman–Crippen MR) is 167 cm³/mol. The van der Waals surface area contributed by atoms with E-state index in [4.69, 9.17) is 19.9 Å². The Morgan fingerprint density at radius 1 is 1.16 bits per heavy atom. The number of nitrogens with two attached hydrogens (primary N) is 1. The largest absolute Gasteiger partial charge is 0.477 e. The van der Waals surface area contributed by atoms with Crippen LogP contribution in [0.5, 0.6) is 11.5 Å². The van der Waals surface area contributed by atoms with Gasteiger partial charge in [0.2, 0.25) is 0 Å². The van der Waals surface area contributed by atoms with Crippen molar-refractivity contribution < 1.29 is 33.7 Å². The molecule has 1 aromatic rings. The lowest BCUT2D eigenvalue weighted by atomic mass is 9.49. The molecule has 3 fully saturated rings. The molecule has 1 spiro atoms. The van der Waals surface area contributed by atoms with E-state index < -0.39 is 34.9 Å². The third-order valence-corrected chi connectivity index (χ3v) is 10.4. The highest BCUT2D eigenvalue weighted by atomic mass is 16.6. The molecule has 11 nitrogen and oxygen atoms in total. The molecule has 2 heterocycles. The molecule has 4 N–H and O–H groups in total. The van der Waals surface area contributed by atoms with Gasteiger partial charge in [-0.15, -0.1) is 0 Å². The second kappa shape index (κ2) is 12.4. The molecule has 248 valence electrons. The van der Waals surface area contributed by atoms with E-state index in [1.807, 2.05) is 26.8 Å². The van der Waals surface area contributed by atoms with Crippen LogP contribution in [-0.4, -0.2) is 95.5 Å². The van der Waals surface area contributed by atoms with Gasteiger partial charge in [0.25, 0.3) is 0 Å². The van der Waals surface area contributed by atoms with Crippen molar-refractivity contribution in [1.82, 2.24) is 15.1 Å². The lowest BCUT2D eigenvalue weighted by Gasteiger charge is -2.62. The number of rotatable bonds is 12. The van der Waals surface area contributed by atoms with Crippen LogP contribution < -0.4 is 20.5 Å². The zero-order valence-electron chi connectivity index (χ0n) is 27.1. The lowest BCUT2D eigenvalue weighted by molar-refractivity contribution is -0.188. The number of alkyl carbamates (subject to hydrolysis) is 1. The minimum atomic E-state index is -1.07. The lowest BCUT2D eigenvalue weighted by Crippen LogP contribution is -2.76. The number of aliphatic hydroxyl groups is 1. The number of carbonyl (C=O) groups is 3. The van der Waals surface area contributed by atoms with E-state index in [1.54, 1.807) is 11.0 Å².